The molecule has 1 amide bonds. The Balaban J connectivity index is 1.45. The average molecular weight is 524 g/mol. The lowest BCUT2D eigenvalue weighted by molar-refractivity contribution is -0.123. The fourth-order valence-electron chi connectivity index (χ4n) is 4.71. The highest BCUT2D eigenvalue weighted by Crippen LogP contribution is 2.34. The molecule has 5 rings (SSSR count). The molecule has 2 aromatic heterocycles. The van der Waals surface area contributed by atoms with Crippen molar-refractivity contribution < 1.29 is 17.6 Å². The van der Waals surface area contributed by atoms with E-state index in [2.05, 4.69) is 12.1 Å². The van der Waals surface area contributed by atoms with E-state index in [1.54, 1.807) is 41.5 Å². The molecular formula is C27H29N3O4S2. The molecule has 3 heterocycles. The maximum Gasteiger partial charge on any atom is 0.243 e. The van der Waals surface area contributed by atoms with Gasteiger partial charge in [0, 0.05) is 13.1 Å². The largest absolute Gasteiger partial charge is 0.467 e. The number of aromatic nitrogens is 1. The summed E-state index contributed by atoms with van der Waals surface area (Å²) in [5.41, 5.74) is 4.08. The van der Waals surface area contributed by atoms with Crippen LogP contribution in [0.15, 0.2) is 64.1 Å². The normalized spacial score (nSPS) is 16.9. The minimum absolute atomic E-state index is 0.136. The second-order valence-electron chi connectivity index (χ2n) is 9.44. The van der Waals surface area contributed by atoms with Gasteiger partial charge in [-0.05, 0) is 75.1 Å². The third kappa shape index (κ3) is 4.83. The van der Waals surface area contributed by atoms with Crippen LogP contribution in [0.2, 0.25) is 0 Å². The number of anilines is 1. The lowest BCUT2D eigenvalue weighted by Crippen LogP contribution is -2.46. The van der Waals surface area contributed by atoms with Crippen molar-refractivity contribution in [1.29, 1.82) is 0 Å². The summed E-state index contributed by atoms with van der Waals surface area (Å²) in [4.78, 5) is 20.7. The van der Waals surface area contributed by atoms with Gasteiger partial charge in [0.1, 0.15) is 5.76 Å². The number of fused-ring (bicyclic) bond motifs is 1. The molecular weight excluding hydrogens is 494 g/mol. The Morgan fingerprint density at radius 3 is 2.64 bits per heavy atom. The zero-order chi connectivity index (χ0) is 25.4. The van der Waals surface area contributed by atoms with Crippen LogP contribution >= 0.6 is 11.3 Å². The number of furan rings is 1. The zero-order valence-electron chi connectivity index (χ0n) is 20.6. The number of aryl methyl sites for hydroxylation is 3. The third-order valence-corrected chi connectivity index (χ3v) is 9.51. The van der Waals surface area contributed by atoms with Crippen LogP contribution in [0.4, 0.5) is 5.13 Å². The van der Waals surface area contributed by atoms with Crippen molar-refractivity contribution in [2.75, 3.05) is 18.0 Å². The van der Waals surface area contributed by atoms with Gasteiger partial charge in [-0.3, -0.25) is 9.69 Å². The molecule has 1 atom stereocenters. The zero-order valence-corrected chi connectivity index (χ0v) is 22.2. The SMILES string of the molecule is Cc1ccc(S(=O)(=O)N2CCCC(C(=O)N(Cc3ccco3)c3nc4c(C)cc(C)cc4s3)C2)cc1. The van der Waals surface area contributed by atoms with Crippen molar-refractivity contribution in [3.63, 3.8) is 0 Å². The van der Waals surface area contributed by atoms with Crippen LogP contribution in [0, 0.1) is 26.7 Å². The first-order valence-corrected chi connectivity index (χ1v) is 14.3. The summed E-state index contributed by atoms with van der Waals surface area (Å²) < 4.78 is 34.7. The van der Waals surface area contributed by atoms with E-state index in [0.717, 1.165) is 26.9 Å². The second kappa shape index (κ2) is 9.80. The standard InChI is InChI=1S/C27H29N3O4S2/c1-18-8-10-23(11-9-18)36(32,33)29-12-4-6-21(16-29)26(31)30(17-22-7-5-13-34-22)27-28-25-20(3)14-19(2)15-24(25)35-27/h5,7-11,13-15,21H,4,6,12,16-17H2,1-3H3. The molecule has 1 aliphatic rings. The maximum absolute atomic E-state index is 13.9. The molecule has 1 aliphatic heterocycles. The number of amides is 1. The fourth-order valence-corrected chi connectivity index (χ4v) is 7.38. The number of carbonyl (C=O) groups excluding carboxylic acids is 1. The van der Waals surface area contributed by atoms with Crippen LogP contribution < -0.4 is 4.90 Å². The van der Waals surface area contributed by atoms with E-state index in [-0.39, 0.29) is 23.9 Å². The summed E-state index contributed by atoms with van der Waals surface area (Å²) in [5, 5.41) is 0.596. The summed E-state index contributed by atoms with van der Waals surface area (Å²) >= 11 is 1.47. The monoisotopic (exact) mass is 523 g/mol. The van der Waals surface area contributed by atoms with Gasteiger partial charge in [-0.15, -0.1) is 0 Å². The first kappa shape index (κ1) is 24.7. The van der Waals surface area contributed by atoms with Gasteiger partial charge < -0.3 is 4.42 Å². The van der Waals surface area contributed by atoms with Gasteiger partial charge in [0.25, 0.3) is 0 Å². The van der Waals surface area contributed by atoms with Crippen molar-refractivity contribution in [2.24, 2.45) is 5.92 Å². The topological polar surface area (TPSA) is 83.7 Å². The molecule has 1 fully saturated rings. The number of carbonyl (C=O) groups is 1. The maximum atomic E-state index is 13.9. The highest BCUT2D eigenvalue weighted by Gasteiger charge is 2.36. The van der Waals surface area contributed by atoms with Crippen LogP contribution in [-0.4, -0.2) is 36.7 Å². The molecule has 9 heteroatoms. The Morgan fingerprint density at radius 1 is 1.14 bits per heavy atom. The minimum Gasteiger partial charge on any atom is -0.467 e. The molecule has 2 aromatic carbocycles. The van der Waals surface area contributed by atoms with E-state index in [9.17, 15) is 13.2 Å². The van der Waals surface area contributed by atoms with Gasteiger partial charge >= 0.3 is 0 Å². The van der Waals surface area contributed by atoms with E-state index in [1.165, 1.54) is 15.6 Å². The molecule has 1 saturated heterocycles. The minimum atomic E-state index is -3.69. The van der Waals surface area contributed by atoms with Crippen molar-refractivity contribution in [3.8, 4) is 0 Å². The summed E-state index contributed by atoms with van der Waals surface area (Å²) in [7, 11) is -3.69. The predicted molar refractivity (Wildman–Crippen MR) is 142 cm³/mol. The van der Waals surface area contributed by atoms with Crippen LogP contribution in [-0.2, 0) is 21.4 Å². The highest BCUT2D eigenvalue weighted by molar-refractivity contribution is 7.89. The van der Waals surface area contributed by atoms with E-state index in [0.29, 0.717) is 30.3 Å². The van der Waals surface area contributed by atoms with Crippen LogP contribution in [0.3, 0.4) is 0 Å². The molecule has 0 bridgehead atoms. The Hall–Kier alpha value is -3.01. The van der Waals surface area contributed by atoms with E-state index in [4.69, 9.17) is 9.40 Å². The van der Waals surface area contributed by atoms with E-state index in [1.807, 2.05) is 26.8 Å². The van der Waals surface area contributed by atoms with Crippen molar-refractivity contribution >= 4 is 42.6 Å². The fraction of sp³-hybridized carbons (Fsp3) is 0.333. The number of sulfonamides is 1. The molecule has 0 spiro atoms. The number of nitrogens with zero attached hydrogens (tertiary/aromatic N) is 3. The molecule has 36 heavy (non-hydrogen) atoms. The Kier molecular flexibility index (Phi) is 6.72. The van der Waals surface area contributed by atoms with E-state index >= 15 is 0 Å². The quantitative estimate of drug-likeness (QED) is 0.336. The van der Waals surface area contributed by atoms with Crippen LogP contribution in [0.5, 0.6) is 0 Å². The molecule has 0 N–H and O–H groups in total. The Bertz CT molecular complexity index is 1490. The van der Waals surface area contributed by atoms with Gasteiger partial charge in [0.2, 0.25) is 15.9 Å². The number of piperidine rings is 1. The molecule has 7 nitrogen and oxygen atoms in total. The third-order valence-electron chi connectivity index (χ3n) is 6.60. The lowest BCUT2D eigenvalue weighted by Gasteiger charge is -2.33. The molecule has 188 valence electrons. The molecule has 0 saturated carbocycles. The van der Waals surface area contributed by atoms with Crippen LogP contribution in [0.1, 0.15) is 35.3 Å². The first-order chi connectivity index (χ1) is 17.2. The summed E-state index contributed by atoms with van der Waals surface area (Å²) in [6.45, 7) is 6.77. The van der Waals surface area contributed by atoms with Gasteiger partial charge in [-0.2, -0.15) is 4.31 Å². The van der Waals surface area contributed by atoms with Crippen molar-refractivity contribution in [1.82, 2.24) is 9.29 Å². The predicted octanol–water partition coefficient (Wildman–Crippen LogP) is 5.45. The van der Waals surface area contributed by atoms with Crippen LogP contribution in [0.25, 0.3) is 10.2 Å². The van der Waals surface area contributed by atoms with E-state index < -0.39 is 15.9 Å². The summed E-state index contributed by atoms with van der Waals surface area (Å²) in [5.74, 6) is 0.0443. The lowest BCUT2D eigenvalue weighted by atomic mass is 9.98. The molecule has 4 aromatic rings. The molecule has 1 unspecified atom stereocenters. The molecule has 0 aliphatic carbocycles. The van der Waals surface area contributed by atoms with Gasteiger partial charge in [-0.25, -0.2) is 13.4 Å². The number of thiazole rings is 1. The van der Waals surface area contributed by atoms with Gasteiger partial charge in [-0.1, -0.05) is 35.1 Å². The van der Waals surface area contributed by atoms with Gasteiger partial charge in [0.15, 0.2) is 5.13 Å². The molecule has 0 radical (unpaired) electrons. The highest BCUT2D eigenvalue weighted by atomic mass is 32.2. The van der Waals surface area contributed by atoms with Crippen molar-refractivity contribution in [2.45, 2.75) is 45.1 Å². The smallest absolute Gasteiger partial charge is 0.243 e. The second-order valence-corrected chi connectivity index (χ2v) is 12.4. The number of hydrogen-bond acceptors (Lipinski definition) is 6. The average Bonchev–Trinajstić information content (AvgIpc) is 3.52. The Labute approximate surface area is 215 Å². The number of rotatable bonds is 6. The Morgan fingerprint density at radius 2 is 1.92 bits per heavy atom. The van der Waals surface area contributed by atoms with Crippen molar-refractivity contribution in [3.05, 3.63) is 77.2 Å². The first-order valence-electron chi connectivity index (χ1n) is 12.0. The number of benzene rings is 2. The number of hydrogen-bond donors (Lipinski definition) is 0. The summed E-state index contributed by atoms with van der Waals surface area (Å²) in [6, 6.07) is 14.6. The van der Waals surface area contributed by atoms with Gasteiger partial charge in [0.05, 0.1) is 33.8 Å². The summed E-state index contributed by atoms with van der Waals surface area (Å²) in [6.07, 6.45) is 2.82.